The third-order valence-corrected chi connectivity index (χ3v) is 3.19. The number of rotatable bonds is 5. The summed E-state index contributed by atoms with van der Waals surface area (Å²) < 4.78 is 11.1. The Balaban J connectivity index is 1.77. The highest BCUT2D eigenvalue weighted by Crippen LogP contribution is 2.19. The molecule has 1 heterocycles. The Morgan fingerprint density at radius 1 is 1.24 bits per heavy atom. The van der Waals surface area contributed by atoms with E-state index in [1.165, 1.54) is 12.8 Å². The molecular formula is C14H20NO2. The van der Waals surface area contributed by atoms with Crippen LogP contribution in [0.15, 0.2) is 24.3 Å². The molecule has 17 heavy (non-hydrogen) atoms. The summed E-state index contributed by atoms with van der Waals surface area (Å²) in [5.74, 6) is 1.59. The van der Waals surface area contributed by atoms with Gasteiger partial charge in [-0.1, -0.05) is 18.2 Å². The van der Waals surface area contributed by atoms with Crippen LogP contribution in [0.2, 0.25) is 0 Å². The van der Waals surface area contributed by atoms with Gasteiger partial charge in [0.2, 0.25) is 0 Å². The molecule has 0 atom stereocenters. The molecule has 0 unspecified atom stereocenters. The van der Waals surface area contributed by atoms with Crippen LogP contribution in [0.1, 0.15) is 18.4 Å². The number of hydrogen-bond donors (Lipinski definition) is 0. The number of ether oxygens (including phenoxy) is 2. The van der Waals surface area contributed by atoms with Crippen LogP contribution in [-0.4, -0.2) is 26.8 Å². The van der Waals surface area contributed by atoms with Crippen molar-refractivity contribution < 1.29 is 9.47 Å². The molecule has 93 valence electrons. The van der Waals surface area contributed by atoms with Crippen LogP contribution in [0.4, 0.5) is 0 Å². The van der Waals surface area contributed by atoms with Crippen LogP contribution >= 0.6 is 0 Å². The van der Waals surface area contributed by atoms with E-state index in [-0.39, 0.29) is 0 Å². The monoisotopic (exact) mass is 234 g/mol. The minimum atomic E-state index is 0.637. The lowest BCUT2D eigenvalue weighted by molar-refractivity contribution is 0.0748. The van der Waals surface area contributed by atoms with Gasteiger partial charge in [0.25, 0.3) is 0 Å². The fourth-order valence-electron chi connectivity index (χ4n) is 2.13. The highest BCUT2D eigenvalue weighted by Gasteiger charge is 2.13. The Morgan fingerprint density at radius 2 is 2.00 bits per heavy atom. The zero-order chi connectivity index (χ0) is 11.9. The molecule has 1 aliphatic heterocycles. The van der Waals surface area contributed by atoms with Gasteiger partial charge in [0.05, 0.1) is 13.7 Å². The molecule has 1 aromatic rings. The highest BCUT2D eigenvalue weighted by molar-refractivity contribution is 5.32. The summed E-state index contributed by atoms with van der Waals surface area (Å²) in [6.45, 7) is 3.48. The van der Waals surface area contributed by atoms with Crippen molar-refractivity contribution in [2.45, 2.75) is 19.4 Å². The van der Waals surface area contributed by atoms with E-state index in [4.69, 9.17) is 9.47 Å². The molecule has 1 fully saturated rings. The standard InChI is InChI=1S/C14H20NO2/c1-16-14-5-3-2-4-13(14)11-17-10-12-6-8-15-9-7-12/h2-5,12H,6-11H2,1H3. The summed E-state index contributed by atoms with van der Waals surface area (Å²) in [6, 6.07) is 8.01. The van der Waals surface area contributed by atoms with Crippen LogP contribution in [-0.2, 0) is 11.3 Å². The molecule has 1 aliphatic rings. The van der Waals surface area contributed by atoms with E-state index >= 15 is 0 Å². The maximum Gasteiger partial charge on any atom is 0.124 e. The van der Waals surface area contributed by atoms with Crippen molar-refractivity contribution in [2.24, 2.45) is 5.92 Å². The van der Waals surface area contributed by atoms with Crippen LogP contribution < -0.4 is 10.1 Å². The molecule has 0 bridgehead atoms. The van der Waals surface area contributed by atoms with Crippen molar-refractivity contribution in [1.29, 1.82) is 0 Å². The van der Waals surface area contributed by atoms with Gasteiger partial charge in [-0.25, -0.2) is 5.32 Å². The summed E-state index contributed by atoms with van der Waals surface area (Å²) in [5.41, 5.74) is 1.12. The lowest BCUT2D eigenvalue weighted by Crippen LogP contribution is -2.25. The van der Waals surface area contributed by atoms with Gasteiger partial charge >= 0.3 is 0 Å². The van der Waals surface area contributed by atoms with E-state index in [0.29, 0.717) is 12.5 Å². The Morgan fingerprint density at radius 3 is 2.76 bits per heavy atom. The first-order valence-electron chi connectivity index (χ1n) is 6.23. The van der Waals surface area contributed by atoms with E-state index in [1.807, 2.05) is 18.2 Å². The van der Waals surface area contributed by atoms with E-state index in [9.17, 15) is 0 Å². The second-order valence-electron chi connectivity index (χ2n) is 4.44. The van der Waals surface area contributed by atoms with Crippen LogP contribution in [0.5, 0.6) is 5.75 Å². The first-order valence-corrected chi connectivity index (χ1v) is 6.23. The van der Waals surface area contributed by atoms with Gasteiger partial charge in [-0.3, -0.25) is 0 Å². The molecule has 0 aliphatic carbocycles. The molecule has 3 nitrogen and oxygen atoms in total. The summed E-state index contributed by atoms with van der Waals surface area (Å²) in [7, 11) is 1.70. The number of nitrogens with zero attached hydrogens (tertiary/aromatic N) is 1. The van der Waals surface area contributed by atoms with Crippen LogP contribution in [0.25, 0.3) is 0 Å². The molecule has 1 saturated heterocycles. The summed E-state index contributed by atoms with van der Waals surface area (Å²) in [5, 5.41) is 4.35. The molecule has 2 rings (SSSR count). The van der Waals surface area contributed by atoms with Crippen LogP contribution in [0, 0.1) is 5.92 Å². The van der Waals surface area contributed by atoms with E-state index in [0.717, 1.165) is 31.0 Å². The largest absolute Gasteiger partial charge is 0.496 e. The van der Waals surface area contributed by atoms with Crippen molar-refractivity contribution in [2.75, 3.05) is 26.8 Å². The minimum Gasteiger partial charge on any atom is -0.496 e. The van der Waals surface area contributed by atoms with Gasteiger partial charge in [-0.2, -0.15) is 0 Å². The fraction of sp³-hybridized carbons (Fsp3) is 0.571. The third kappa shape index (κ3) is 3.72. The predicted octanol–water partition coefficient (Wildman–Crippen LogP) is 2.23. The Hall–Kier alpha value is -1.06. The molecule has 0 saturated carbocycles. The molecule has 3 heteroatoms. The first kappa shape index (κ1) is 12.4. The Labute approximate surface area is 103 Å². The first-order chi connectivity index (χ1) is 8.40. The second-order valence-corrected chi connectivity index (χ2v) is 4.44. The quantitative estimate of drug-likeness (QED) is 0.782. The average molecular weight is 234 g/mol. The van der Waals surface area contributed by atoms with Crippen molar-refractivity contribution >= 4 is 0 Å². The molecule has 1 aromatic carbocycles. The molecule has 0 amide bonds. The van der Waals surface area contributed by atoms with Gasteiger partial charge in [-0.05, 0) is 24.8 Å². The molecule has 1 radical (unpaired) electrons. The second kappa shape index (κ2) is 6.62. The van der Waals surface area contributed by atoms with Gasteiger partial charge in [-0.15, -0.1) is 0 Å². The summed E-state index contributed by atoms with van der Waals surface area (Å²) in [4.78, 5) is 0. The normalized spacial score (nSPS) is 17.0. The zero-order valence-electron chi connectivity index (χ0n) is 10.4. The number of para-hydroxylation sites is 1. The van der Waals surface area contributed by atoms with E-state index in [2.05, 4.69) is 11.4 Å². The lowest BCUT2D eigenvalue weighted by Gasteiger charge is -2.21. The molecular weight excluding hydrogens is 214 g/mol. The predicted molar refractivity (Wildman–Crippen MR) is 67.2 cm³/mol. The summed E-state index contributed by atoms with van der Waals surface area (Å²) >= 11 is 0. The van der Waals surface area contributed by atoms with Crippen molar-refractivity contribution in [3.63, 3.8) is 0 Å². The van der Waals surface area contributed by atoms with Crippen molar-refractivity contribution in [3.8, 4) is 5.75 Å². The Bertz CT molecular complexity index is 335. The van der Waals surface area contributed by atoms with Gasteiger partial charge < -0.3 is 9.47 Å². The lowest BCUT2D eigenvalue weighted by atomic mass is 9.99. The fourth-order valence-corrected chi connectivity index (χ4v) is 2.13. The van der Waals surface area contributed by atoms with Crippen molar-refractivity contribution in [1.82, 2.24) is 5.32 Å². The Kier molecular flexibility index (Phi) is 4.83. The smallest absolute Gasteiger partial charge is 0.124 e. The van der Waals surface area contributed by atoms with Crippen molar-refractivity contribution in [3.05, 3.63) is 29.8 Å². The number of benzene rings is 1. The zero-order valence-corrected chi connectivity index (χ0v) is 10.4. The summed E-state index contributed by atoms with van der Waals surface area (Å²) in [6.07, 6.45) is 2.35. The maximum atomic E-state index is 5.78. The number of piperidine rings is 1. The SMILES string of the molecule is COc1ccccc1COCC1CC[N]CC1. The molecule has 0 N–H and O–H groups in total. The van der Waals surface area contributed by atoms with Crippen LogP contribution in [0.3, 0.4) is 0 Å². The van der Waals surface area contributed by atoms with E-state index in [1.54, 1.807) is 7.11 Å². The minimum absolute atomic E-state index is 0.637. The van der Waals surface area contributed by atoms with Gasteiger partial charge in [0.1, 0.15) is 5.75 Å². The topological polar surface area (TPSA) is 32.6 Å². The highest BCUT2D eigenvalue weighted by atomic mass is 16.5. The molecule has 0 spiro atoms. The number of methoxy groups -OCH3 is 1. The maximum absolute atomic E-state index is 5.78. The van der Waals surface area contributed by atoms with E-state index < -0.39 is 0 Å². The molecule has 0 aromatic heterocycles. The van der Waals surface area contributed by atoms with Gasteiger partial charge in [0.15, 0.2) is 0 Å². The number of hydrogen-bond acceptors (Lipinski definition) is 2. The van der Waals surface area contributed by atoms with Gasteiger partial charge in [0, 0.05) is 25.3 Å². The third-order valence-electron chi connectivity index (χ3n) is 3.19. The average Bonchev–Trinajstić information content (AvgIpc) is 2.40.